The molecule has 0 spiro atoms. The van der Waals surface area contributed by atoms with Crippen molar-refractivity contribution in [2.75, 3.05) is 5.75 Å². The van der Waals surface area contributed by atoms with Crippen molar-refractivity contribution in [3.8, 4) is 0 Å². The van der Waals surface area contributed by atoms with Crippen molar-refractivity contribution in [2.45, 2.75) is 0 Å². The third kappa shape index (κ3) is 2.52. The minimum absolute atomic E-state index is 0.0747. The zero-order valence-corrected chi connectivity index (χ0v) is 5.02. The third-order valence-corrected chi connectivity index (χ3v) is 1.49. The van der Waals surface area contributed by atoms with Gasteiger partial charge in [-0.3, -0.25) is 4.79 Å². The van der Waals surface area contributed by atoms with E-state index in [4.69, 9.17) is 0 Å². The monoisotopic (exact) mass is 134 g/mol. The fourth-order valence-corrected chi connectivity index (χ4v) is 0.611. The maximum atomic E-state index is 10.2. The van der Waals surface area contributed by atoms with Gasteiger partial charge in [-0.05, 0) is 0 Å². The Morgan fingerprint density at radius 2 is 2.00 bits per heavy atom. The smallest absolute Gasteiger partial charge is 0.234 e. The predicted octanol–water partition coefficient (Wildman–Crippen LogP) is -0.223. The molecule has 0 aliphatic rings. The van der Waals surface area contributed by atoms with Crippen LogP contribution in [0.1, 0.15) is 0 Å². The van der Waals surface area contributed by atoms with Gasteiger partial charge >= 0.3 is 0 Å². The van der Waals surface area contributed by atoms with Crippen LogP contribution in [0.2, 0.25) is 0 Å². The van der Waals surface area contributed by atoms with Crippen LogP contribution in [0.4, 0.5) is 0 Å². The number of hydrogen-bond acceptors (Lipinski definition) is 3. The van der Waals surface area contributed by atoms with E-state index in [0.29, 0.717) is 0 Å². The van der Waals surface area contributed by atoms with E-state index >= 15 is 0 Å². The van der Waals surface area contributed by atoms with Crippen molar-refractivity contribution in [3.63, 3.8) is 0 Å². The van der Waals surface area contributed by atoms with Gasteiger partial charge in [-0.1, -0.05) is 6.08 Å². The van der Waals surface area contributed by atoms with E-state index in [2.05, 4.69) is 6.58 Å². The summed E-state index contributed by atoms with van der Waals surface area (Å²) in [5.74, 6) is -0.267. The molecule has 0 fully saturated rings. The first-order valence-corrected chi connectivity index (χ1v) is 3.63. The second kappa shape index (κ2) is 2.61. The standard InChI is InChI=1S/C4H6O3S/c1-2-3-8(6,7)4-5/h2,4H,1,3H2. The van der Waals surface area contributed by atoms with Crippen molar-refractivity contribution in [3.05, 3.63) is 12.7 Å². The lowest BCUT2D eigenvalue weighted by atomic mass is 10.8. The zero-order chi connectivity index (χ0) is 6.62. The first-order chi connectivity index (χ1) is 3.62. The second-order valence-electron chi connectivity index (χ2n) is 1.21. The van der Waals surface area contributed by atoms with E-state index in [-0.39, 0.29) is 11.4 Å². The lowest BCUT2D eigenvalue weighted by Gasteiger charge is -1.82. The Hall–Kier alpha value is -0.640. The Morgan fingerprint density at radius 3 is 2.12 bits per heavy atom. The van der Waals surface area contributed by atoms with Gasteiger partial charge in [-0.2, -0.15) is 0 Å². The van der Waals surface area contributed by atoms with Crippen LogP contribution >= 0.6 is 0 Å². The molecule has 0 amide bonds. The van der Waals surface area contributed by atoms with Gasteiger partial charge < -0.3 is 0 Å². The highest BCUT2D eigenvalue weighted by molar-refractivity contribution is 8.04. The molecule has 0 atom stereocenters. The largest absolute Gasteiger partial charge is 0.285 e. The molecule has 0 aromatic carbocycles. The second-order valence-corrected chi connectivity index (χ2v) is 3.07. The highest BCUT2D eigenvalue weighted by Gasteiger charge is 2.02. The zero-order valence-electron chi connectivity index (χ0n) is 4.20. The predicted molar refractivity (Wildman–Crippen MR) is 30.7 cm³/mol. The fraction of sp³-hybridized carbons (Fsp3) is 0.250. The molecule has 3 nitrogen and oxygen atoms in total. The summed E-state index contributed by atoms with van der Waals surface area (Å²) in [5, 5.41) is 0. The molecule has 0 aliphatic carbocycles. The van der Waals surface area contributed by atoms with Crippen LogP contribution < -0.4 is 0 Å². The summed E-state index contributed by atoms with van der Waals surface area (Å²) >= 11 is 0. The normalized spacial score (nSPS) is 10.5. The Balaban J connectivity index is 4.15. The third-order valence-electron chi connectivity index (χ3n) is 0.497. The quantitative estimate of drug-likeness (QED) is 0.396. The molecule has 46 valence electrons. The minimum Gasteiger partial charge on any atom is -0.285 e. The summed E-state index contributed by atoms with van der Waals surface area (Å²) < 4.78 is 20.3. The maximum absolute atomic E-state index is 10.2. The molecule has 0 unspecified atom stereocenters. The van der Waals surface area contributed by atoms with Crippen LogP contribution in [0.5, 0.6) is 0 Å². The number of rotatable bonds is 3. The number of hydrogen-bond donors (Lipinski definition) is 0. The van der Waals surface area contributed by atoms with E-state index in [9.17, 15) is 13.2 Å². The van der Waals surface area contributed by atoms with E-state index in [0.717, 1.165) is 0 Å². The average Bonchev–Trinajstić information content (AvgIpc) is 1.67. The van der Waals surface area contributed by atoms with Crippen LogP contribution in [0.3, 0.4) is 0 Å². The summed E-state index contributed by atoms with van der Waals surface area (Å²) in [6.45, 7) is 3.16. The van der Waals surface area contributed by atoms with Crippen LogP contribution in [0, 0.1) is 0 Å². The van der Waals surface area contributed by atoms with Crippen LogP contribution in [-0.4, -0.2) is 19.8 Å². The summed E-state index contributed by atoms with van der Waals surface area (Å²) in [6, 6.07) is 0. The summed E-state index contributed by atoms with van der Waals surface area (Å²) in [6.07, 6.45) is 1.17. The summed E-state index contributed by atoms with van der Waals surface area (Å²) in [7, 11) is -3.47. The first-order valence-electron chi connectivity index (χ1n) is 1.91. The molecular formula is C4H6O3S. The van der Waals surface area contributed by atoms with Gasteiger partial charge in [0.25, 0.3) is 0 Å². The molecule has 0 saturated carbocycles. The van der Waals surface area contributed by atoms with Crippen molar-refractivity contribution in [2.24, 2.45) is 0 Å². The first kappa shape index (κ1) is 7.36. The lowest BCUT2D eigenvalue weighted by Crippen LogP contribution is -2.03. The molecule has 0 bridgehead atoms. The molecule has 4 heteroatoms. The average molecular weight is 134 g/mol. The van der Waals surface area contributed by atoms with Gasteiger partial charge in [-0.25, -0.2) is 8.42 Å². The molecule has 0 aromatic rings. The van der Waals surface area contributed by atoms with Crippen molar-refractivity contribution < 1.29 is 13.2 Å². The van der Waals surface area contributed by atoms with Gasteiger partial charge in [0.05, 0.1) is 5.75 Å². The van der Waals surface area contributed by atoms with Gasteiger partial charge in [0.15, 0.2) is 0 Å². The SMILES string of the molecule is C=CCS(=O)(=O)C=O. The highest BCUT2D eigenvalue weighted by atomic mass is 32.2. The van der Waals surface area contributed by atoms with Crippen molar-refractivity contribution >= 4 is 15.5 Å². The molecule has 0 N–H and O–H groups in total. The topological polar surface area (TPSA) is 51.2 Å². The van der Waals surface area contributed by atoms with E-state index < -0.39 is 9.84 Å². The Kier molecular flexibility index (Phi) is 2.41. The number of carbonyl (C=O) groups excluding carboxylic acids is 1. The highest BCUT2D eigenvalue weighted by Crippen LogP contribution is 1.81. The molecular weight excluding hydrogens is 128 g/mol. The lowest BCUT2D eigenvalue weighted by molar-refractivity contribution is 0.557. The number of sulfone groups is 1. The van der Waals surface area contributed by atoms with E-state index in [1.54, 1.807) is 0 Å². The molecule has 0 aromatic heterocycles. The van der Waals surface area contributed by atoms with E-state index in [1.807, 2.05) is 0 Å². The van der Waals surface area contributed by atoms with Gasteiger partial charge in [0, 0.05) is 0 Å². The number of carbonyl (C=O) groups is 1. The Labute approximate surface area is 47.9 Å². The molecule has 0 saturated heterocycles. The molecule has 0 radical (unpaired) electrons. The summed E-state index contributed by atoms with van der Waals surface area (Å²) in [5.41, 5.74) is -0.0747. The van der Waals surface area contributed by atoms with Gasteiger partial charge in [0.1, 0.15) is 0 Å². The van der Waals surface area contributed by atoms with Crippen molar-refractivity contribution in [1.29, 1.82) is 0 Å². The van der Waals surface area contributed by atoms with Gasteiger partial charge in [-0.15, -0.1) is 6.58 Å². The van der Waals surface area contributed by atoms with Crippen LogP contribution in [-0.2, 0) is 14.6 Å². The fourth-order valence-electron chi connectivity index (χ4n) is 0.204. The Morgan fingerprint density at radius 1 is 1.50 bits per heavy atom. The van der Waals surface area contributed by atoms with Gasteiger partial charge in [0.2, 0.25) is 15.5 Å². The molecule has 0 heterocycles. The summed E-state index contributed by atoms with van der Waals surface area (Å²) in [4.78, 5) is 9.58. The van der Waals surface area contributed by atoms with E-state index in [1.165, 1.54) is 6.08 Å². The maximum Gasteiger partial charge on any atom is 0.234 e. The van der Waals surface area contributed by atoms with Crippen LogP contribution in [0.25, 0.3) is 0 Å². The molecule has 0 rings (SSSR count). The minimum atomic E-state index is -3.47. The molecule has 8 heavy (non-hydrogen) atoms. The molecule has 0 aliphatic heterocycles. The van der Waals surface area contributed by atoms with Crippen molar-refractivity contribution in [1.82, 2.24) is 0 Å². The Bertz CT molecular complexity index is 177. The van der Waals surface area contributed by atoms with Crippen LogP contribution in [0.15, 0.2) is 12.7 Å².